The van der Waals surface area contributed by atoms with Crippen LogP contribution in [0, 0.1) is 5.92 Å². The highest BCUT2D eigenvalue weighted by molar-refractivity contribution is 14.0. The molecule has 2 aliphatic rings. The summed E-state index contributed by atoms with van der Waals surface area (Å²) in [6, 6.07) is 6.12. The number of benzene rings is 1. The standard InChI is InChI=1S/C22H37ClN6O.HI/c1-17(15-28-11-9-27(3)10-12-28)14-25-22(24-2)26-19-7-8-29(16-19)20-13-18(23)5-6-21(20)30-4;/h5-6,13,17,19H,7-12,14-16H2,1-4H3,(H2,24,25,26);1H. The number of rotatable bonds is 7. The first-order valence-corrected chi connectivity index (χ1v) is 11.3. The zero-order valence-corrected chi connectivity index (χ0v) is 22.3. The second-order valence-electron chi connectivity index (χ2n) is 8.55. The number of halogens is 2. The first kappa shape index (κ1) is 26.3. The number of nitrogens with one attached hydrogen (secondary N) is 2. The van der Waals surface area contributed by atoms with Gasteiger partial charge in [0.15, 0.2) is 5.96 Å². The van der Waals surface area contributed by atoms with Crippen LogP contribution >= 0.6 is 35.6 Å². The summed E-state index contributed by atoms with van der Waals surface area (Å²) in [5.74, 6) is 2.31. The number of hydrogen-bond donors (Lipinski definition) is 2. The molecule has 1 aromatic carbocycles. The minimum Gasteiger partial charge on any atom is -0.495 e. The van der Waals surface area contributed by atoms with Crippen LogP contribution in [-0.4, -0.2) is 95.4 Å². The second-order valence-corrected chi connectivity index (χ2v) is 8.99. The van der Waals surface area contributed by atoms with Gasteiger partial charge in [-0.2, -0.15) is 0 Å². The van der Waals surface area contributed by atoms with E-state index in [1.807, 2.05) is 25.2 Å². The summed E-state index contributed by atoms with van der Waals surface area (Å²) in [4.78, 5) is 11.7. The van der Waals surface area contributed by atoms with Crippen molar-refractivity contribution in [2.75, 3.05) is 78.5 Å². The lowest BCUT2D eigenvalue weighted by Gasteiger charge is -2.34. The van der Waals surface area contributed by atoms with Crippen molar-refractivity contribution in [3.05, 3.63) is 23.2 Å². The molecule has 0 spiro atoms. The minimum atomic E-state index is 0. The maximum atomic E-state index is 6.21. The molecule has 0 bridgehead atoms. The number of likely N-dealkylation sites (N-methyl/N-ethyl adjacent to an activating group) is 1. The Morgan fingerprint density at radius 3 is 2.68 bits per heavy atom. The molecule has 2 fully saturated rings. The molecule has 0 saturated carbocycles. The van der Waals surface area contributed by atoms with Gasteiger partial charge in [-0.05, 0) is 37.6 Å². The van der Waals surface area contributed by atoms with Gasteiger partial charge in [0.05, 0.1) is 12.8 Å². The quantitative estimate of drug-likeness (QED) is 0.302. The van der Waals surface area contributed by atoms with Gasteiger partial charge in [-0.25, -0.2) is 0 Å². The van der Waals surface area contributed by atoms with Gasteiger partial charge in [-0.1, -0.05) is 18.5 Å². The lowest BCUT2D eigenvalue weighted by Crippen LogP contribution is -2.49. The maximum absolute atomic E-state index is 6.21. The zero-order valence-electron chi connectivity index (χ0n) is 19.2. The molecule has 0 aliphatic carbocycles. The van der Waals surface area contributed by atoms with E-state index in [1.165, 1.54) is 26.2 Å². The fourth-order valence-electron chi connectivity index (χ4n) is 4.20. The number of aliphatic imine (C=N–C) groups is 1. The highest BCUT2D eigenvalue weighted by Gasteiger charge is 2.26. The average Bonchev–Trinajstić information content (AvgIpc) is 3.21. The van der Waals surface area contributed by atoms with Crippen molar-refractivity contribution in [3.8, 4) is 5.75 Å². The molecule has 0 aromatic heterocycles. The molecule has 7 nitrogen and oxygen atoms in total. The van der Waals surface area contributed by atoms with Crippen molar-refractivity contribution >= 4 is 47.2 Å². The van der Waals surface area contributed by atoms with Gasteiger partial charge in [0.1, 0.15) is 5.75 Å². The topological polar surface area (TPSA) is 55.4 Å². The SMILES string of the molecule is CN=C(NCC(C)CN1CCN(C)CC1)NC1CCN(c2cc(Cl)ccc2OC)C1.I. The van der Waals surface area contributed by atoms with Crippen LogP contribution in [0.2, 0.25) is 5.02 Å². The van der Waals surface area contributed by atoms with Crippen LogP contribution in [0.3, 0.4) is 0 Å². The van der Waals surface area contributed by atoms with E-state index in [9.17, 15) is 0 Å². The maximum Gasteiger partial charge on any atom is 0.191 e. The molecule has 2 aliphatic heterocycles. The van der Waals surface area contributed by atoms with Crippen LogP contribution in [-0.2, 0) is 0 Å². The number of ether oxygens (including phenoxy) is 1. The van der Waals surface area contributed by atoms with E-state index in [4.69, 9.17) is 16.3 Å². The predicted molar refractivity (Wildman–Crippen MR) is 142 cm³/mol. The number of hydrogen-bond acceptors (Lipinski definition) is 5. The molecule has 0 amide bonds. The Bertz CT molecular complexity index is 713. The van der Waals surface area contributed by atoms with E-state index >= 15 is 0 Å². The first-order valence-electron chi connectivity index (χ1n) is 10.9. The molecule has 2 saturated heterocycles. The monoisotopic (exact) mass is 564 g/mol. The summed E-state index contributed by atoms with van der Waals surface area (Å²) in [5, 5.41) is 7.83. The lowest BCUT2D eigenvalue weighted by molar-refractivity contribution is 0.139. The van der Waals surface area contributed by atoms with Crippen LogP contribution < -0.4 is 20.3 Å². The molecule has 1 aromatic rings. The summed E-state index contributed by atoms with van der Waals surface area (Å²) < 4.78 is 5.52. The van der Waals surface area contributed by atoms with Crippen molar-refractivity contribution < 1.29 is 4.74 Å². The van der Waals surface area contributed by atoms with Crippen molar-refractivity contribution in [2.24, 2.45) is 10.9 Å². The van der Waals surface area contributed by atoms with Crippen LogP contribution in [0.5, 0.6) is 5.75 Å². The molecular formula is C22H38ClIN6O. The van der Waals surface area contributed by atoms with Gasteiger partial charge >= 0.3 is 0 Å². The Hall–Kier alpha value is -0.970. The van der Waals surface area contributed by atoms with Crippen LogP contribution in [0.4, 0.5) is 5.69 Å². The van der Waals surface area contributed by atoms with Crippen molar-refractivity contribution in [3.63, 3.8) is 0 Å². The third kappa shape index (κ3) is 7.83. The van der Waals surface area contributed by atoms with Crippen molar-refractivity contribution in [1.82, 2.24) is 20.4 Å². The highest BCUT2D eigenvalue weighted by atomic mass is 127. The van der Waals surface area contributed by atoms with E-state index < -0.39 is 0 Å². The molecule has 2 unspecified atom stereocenters. The number of piperazine rings is 1. The van der Waals surface area contributed by atoms with Crippen LogP contribution in [0.25, 0.3) is 0 Å². The molecule has 2 heterocycles. The van der Waals surface area contributed by atoms with Gasteiger partial charge in [-0.3, -0.25) is 4.99 Å². The molecule has 3 rings (SSSR count). The Balaban J connectivity index is 0.00000341. The van der Waals surface area contributed by atoms with Gasteiger partial charge in [0.2, 0.25) is 0 Å². The first-order chi connectivity index (χ1) is 14.5. The molecule has 9 heteroatoms. The molecule has 31 heavy (non-hydrogen) atoms. The number of methoxy groups -OCH3 is 1. The lowest BCUT2D eigenvalue weighted by atomic mass is 10.1. The Kier molecular flexibility index (Phi) is 10.9. The van der Waals surface area contributed by atoms with E-state index in [-0.39, 0.29) is 24.0 Å². The predicted octanol–water partition coefficient (Wildman–Crippen LogP) is 2.59. The number of anilines is 1. The van der Waals surface area contributed by atoms with E-state index in [1.54, 1.807) is 7.11 Å². The second kappa shape index (κ2) is 12.9. The number of nitrogens with zero attached hydrogens (tertiary/aromatic N) is 4. The molecule has 2 atom stereocenters. The highest BCUT2D eigenvalue weighted by Crippen LogP contribution is 2.33. The Morgan fingerprint density at radius 1 is 1.26 bits per heavy atom. The van der Waals surface area contributed by atoms with E-state index in [0.29, 0.717) is 12.0 Å². The van der Waals surface area contributed by atoms with Gasteiger partial charge < -0.3 is 30.1 Å². The van der Waals surface area contributed by atoms with Gasteiger partial charge in [0.25, 0.3) is 0 Å². The van der Waals surface area contributed by atoms with Crippen molar-refractivity contribution in [2.45, 2.75) is 19.4 Å². The normalized spacial score (nSPS) is 21.5. The molecule has 2 N–H and O–H groups in total. The van der Waals surface area contributed by atoms with Crippen LogP contribution in [0.1, 0.15) is 13.3 Å². The molecule has 176 valence electrons. The van der Waals surface area contributed by atoms with E-state index in [2.05, 4.69) is 44.3 Å². The summed E-state index contributed by atoms with van der Waals surface area (Å²) in [6.07, 6.45) is 1.05. The fraction of sp³-hybridized carbons (Fsp3) is 0.682. The third-order valence-corrected chi connectivity index (χ3v) is 6.25. The fourth-order valence-corrected chi connectivity index (χ4v) is 4.37. The minimum absolute atomic E-state index is 0. The molecule has 0 radical (unpaired) electrons. The Morgan fingerprint density at radius 2 is 2.00 bits per heavy atom. The Labute approximate surface area is 209 Å². The van der Waals surface area contributed by atoms with E-state index in [0.717, 1.165) is 55.0 Å². The van der Waals surface area contributed by atoms with Gasteiger partial charge in [0, 0.05) is 70.5 Å². The largest absolute Gasteiger partial charge is 0.495 e. The third-order valence-electron chi connectivity index (χ3n) is 6.02. The average molecular weight is 565 g/mol. The summed E-state index contributed by atoms with van der Waals surface area (Å²) in [6.45, 7) is 10.9. The molecular weight excluding hydrogens is 527 g/mol. The van der Waals surface area contributed by atoms with Gasteiger partial charge in [-0.15, -0.1) is 24.0 Å². The number of guanidine groups is 1. The summed E-state index contributed by atoms with van der Waals surface area (Å²) in [7, 11) is 5.74. The van der Waals surface area contributed by atoms with Crippen molar-refractivity contribution in [1.29, 1.82) is 0 Å². The zero-order chi connectivity index (χ0) is 21.5. The summed E-state index contributed by atoms with van der Waals surface area (Å²) >= 11 is 6.21. The summed E-state index contributed by atoms with van der Waals surface area (Å²) in [5.41, 5.74) is 1.05. The van der Waals surface area contributed by atoms with Crippen LogP contribution in [0.15, 0.2) is 23.2 Å². The smallest absolute Gasteiger partial charge is 0.191 e.